The number of rotatable bonds is 3. The van der Waals surface area contributed by atoms with Crippen molar-refractivity contribution in [2.45, 2.75) is 19.4 Å². The van der Waals surface area contributed by atoms with Crippen molar-refractivity contribution in [3.63, 3.8) is 0 Å². The minimum Gasteiger partial charge on any atom is -0.352 e. The van der Waals surface area contributed by atoms with E-state index in [-0.39, 0.29) is 24.2 Å². The Balaban J connectivity index is 1.61. The molecule has 0 bridgehead atoms. The largest absolute Gasteiger partial charge is 0.352 e. The van der Waals surface area contributed by atoms with E-state index in [1.165, 1.54) is 17.2 Å². The summed E-state index contributed by atoms with van der Waals surface area (Å²) in [6.07, 6.45) is 1.55. The maximum absolute atomic E-state index is 13.5. The molecule has 3 rings (SSSR count). The van der Waals surface area contributed by atoms with Crippen molar-refractivity contribution in [1.29, 1.82) is 0 Å². The van der Waals surface area contributed by atoms with Crippen LogP contribution in [0, 0.1) is 11.7 Å². The third-order valence-corrected chi connectivity index (χ3v) is 3.83. The van der Waals surface area contributed by atoms with Crippen LogP contribution in [0.5, 0.6) is 0 Å². The van der Waals surface area contributed by atoms with Crippen molar-refractivity contribution in [2.75, 3.05) is 0 Å². The van der Waals surface area contributed by atoms with Gasteiger partial charge < -0.3 is 5.32 Å². The number of hydrogen-bond acceptors (Lipinski definition) is 1. The lowest BCUT2D eigenvalue weighted by molar-refractivity contribution is -0.124. The lowest BCUT2D eigenvalue weighted by Crippen LogP contribution is -2.30. The van der Waals surface area contributed by atoms with Gasteiger partial charge in [0.1, 0.15) is 5.82 Å². The average Bonchev–Trinajstić information content (AvgIpc) is 2.90. The van der Waals surface area contributed by atoms with Gasteiger partial charge in [0.15, 0.2) is 0 Å². The number of hydrogen-bond donors (Lipinski definition) is 1. The number of amides is 1. The van der Waals surface area contributed by atoms with Crippen LogP contribution in [0.1, 0.15) is 16.7 Å². The molecule has 0 fully saturated rings. The summed E-state index contributed by atoms with van der Waals surface area (Å²) in [5.74, 6) is -0.300. The van der Waals surface area contributed by atoms with Crippen LogP contribution in [0.3, 0.4) is 0 Å². The maximum Gasteiger partial charge on any atom is 0.224 e. The Hall–Kier alpha value is -2.16. The monoisotopic (exact) mass is 269 g/mol. The molecule has 3 heteroatoms. The summed E-state index contributed by atoms with van der Waals surface area (Å²) in [5, 5.41) is 2.84. The minimum atomic E-state index is -0.275. The molecule has 2 nitrogen and oxygen atoms in total. The smallest absolute Gasteiger partial charge is 0.224 e. The number of benzene rings is 2. The highest BCUT2D eigenvalue weighted by Gasteiger charge is 2.26. The van der Waals surface area contributed by atoms with Gasteiger partial charge in [0.2, 0.25) is 5.91 Å². The molecule has 102 valence electrons. The van der Waals surface area contributed by atoms with E-state index in [1.807, 2.05) is 12.1 Å². The second-order valence-electron chi connectivity index (χ2n) is 5.18. The average molecular weight is 269 g/mol. The molecule has 0 saturated heterocycles. The van der Waals surface area contributed by atoms with Crippen molar-refractivity contribution < 1.29 is 9.18 Å². The molecule has 0 spiro atoms. The molecule has 0 atom stereocenters. The quantitative estimate of drug-likeness (QED) is 0.912. The molecule has 0 aliphatic heterocycles. The van der Waals surface area contributed by atoms with Gasteiger partial charge in [-0.05, 0) is 30.0 Å². The highest BCUT2D eigenvalue weighted by molar-refractivity contribution is 5.80. The maximum atomic E-state index is 13.5. The molecule has 1 aliphatic carbocycles. The Morgan fingerprint density at radius 2 is 1.65 bits per heavy atom. The van der Waals surface area contributed by atoms with Gasteiger partial charge in [-0.25, -0.2) is 4.39 Å². The summed E-state index contributed by atoms with van der Waals surface area (Å²) in [5.41, 5.74) is 3.02. The standard InChI is InChI=1S/C17H16FNO/c18-16-8-4-3-7-14(16)11-19-17(20)15-9-12-5-1-2-6-13(12)10-15/h1-8,15H,9-11H2,(H,19,20). The SMILES string of the molecule is O=C(NCc1ccccc1F)C1Cc2ccccc2C1. The van der Waals surface area contributed by atoms with Gasteiger partial charge in [-0.3, -0.25) is 4.79 Å². The van der Waals surface area contributed by atoms with E-state index in [0.717, 1.165) is 12.8 Å². The molecule has 0 saturated carbocycles. The Morgan fingerprint density at radius 3 is 2.30 bits per heavy atom. The van der Waals surface area contributed by atoms with E-state index in [2.05, 4.69) is 17.4 Å². The Morgan fingerprint density at radius 1 is 1.05 bits per heavy atom. The minimum absolute atomic E-state index is 0.00412. The predicted octanol–water partition coefficient (Wildman–Crippen LogP) is 2.86. The van der Waals surface area contributed by atoms with Crippen LogP contribution >= 0.6 is 0 Å². The summed E-state index contributed by atoms with van der Waals surface area (Å²) < 4.78 is 13.5. The van der Waals surface area contributed by atoms with Crippen molar-refractivity contribution in [3.05, 3.63) is 71.0 Å². The number of fused-ring (bicyclic) bond motifs is 1. The summed E-state index contributed by atoms with van der Waals surface area (Å²) in [6.45, 7) is 0.248. The summed E-state index contributed by atoms with van der Waals surface area (Å²) in [6, 6.07) is 14.7. The zero-order chi connectivity index (χ0) is 13.9. The van der Waals surface area contributed by atoms with E-state index in [9.17, 15) is 9.18 Å². The Labute approximate surface area is 117 Å². The van der Waals surface area contributed by atoms with Crippen molar-refractivity contribution in [3.8, 4) is 0 Å². The first kappa shape index (κ1) is 12.9. The fourth-order valence-electron chi connectivity index (χ4n) is 2.71. The zero-order valence-electron chi connectivity index (χ0n) is 11.1. The van der Waals surface area contributed by atoms with Gasteiger partial charge >= 0.3 is 0 Å². The molecule has 0 unspecified atom stereocenters. The molecule has 0 aromatic heterocycles. The highest BCUT2D eigenvalue weighted by Crippen LogP contribution is 2.26. The topological polar surface area (TPSA) is 29.1 Å². The van der Waals surface area contributed by atoms with Crippen molar-refractivity contribution >= 4 is 5.91 Å². The molecule has 1 N–H and O–H groups in total. The lowest BCUT2D eigenvalue weighted by Gasteiger charge is -2.10. The second kappa shape index (κ2) is 5.45. The van der Waals surface area contributed by atoms with Crippen LogP contribution in [-0.4, -0.2) is 5.91 Å². The van der Waals surface area contributed by atoms with Gasteiger partial charge in [0.25, 0.3) is 0 Å². The number of carbonyl (C=O) groups excluding carboxylic acids is 1. The summed E-state index contributed by atoms with van der Waals surface area (Å²) in [4.78, 5) is 12.2. The molecular formula is C17H16FNO. The first-order chi connectivity index (χ1) is 9.74. The number of nitrogens with one attached hydrogen (secondary N) is 1. The summed E-state index contributed by atoms with van der Waals surface area (Å²) >= 11 is 0. The molecule has 0 heterocycles. The first-order valence-corrected chi connectivity index (χ1v) is 6.82. The van der Waals surface area contributed by atoms with Crippen LogP contribution in [0.25, 0.3) is 0 Å². The fraction of sp³-hybridized carbons (Fsp3) is 0.235. The normalized spacial score (nSPS) is 14.1. The van der Waals surface area contributed by atoms with E-state index in [0.29, 0.717) is 5.56 Å². The molecule has 1 aliphatic rings. The van der Waals surface area contributed by atoms with Crippen LogP contribution < -0.4 is 5.32 Å². The van der Waals surface area contributed by atoms with E-state index in [4.69, 9.17) is 0 Å². The van der Waals surface area contributed by atoms with Gasteiger partial charge in [0.05, 0.1) is 0 Å². The zero-order valence-corrected chi connectivity index (χ0v) is 11.1. The van der Waals surface area contributed by atoms with Crippen LogP contribution in [0.4, 0.5) is 4.39 Å². The fourth-order valence-corrected chi connectivity index (χ4v) is 2.71. The summed E-state index contributed by atoms with van der Waals surface area (Å²) in [7, 11) is 0. The number of halogens is 1. The van der Waals surface area contributed by atoms with Crippen LogP contribution in [0.15, 0.2) is 48.5 Å². The van der Waals surface area contributed by atoms with Gasteiger partial charge in [0, 0.05) is 18.0 Å². The Kier molecular flexibility index (Phi) is 3.50. The molecule has 20 heavy (non-hydrogen) atoms. The van der Waals surface area contributed by atoms with Crippen molar-refractivity contribution in [1.82, 2.24) is 5.32 Å². The molecular weight excluding hydrogens is 253 g/mol. The van der Waals surface area contributed by atoms with Crippen molar-refractivity contribution in [2.24, 2.45) is 5.92 Å². The lowest BCUT2D eigenvalue weighted by atomic mass is 10.1. The number of carbonyl (C=O) groups is 1. The van der Waals surface area contributed by atoms with Crippen LogP contribution in [0.2, 0.25) is 0 Å². The second-order valence-corrected chi connectivity index (χ2v) is 5.18. The molecule has 2 aromatic carbocycles. The third-order valence-electron chi connectivity index (χ3n) is 3.83. The first-order valence-electron chi connectivity index (χ1n) is 6.82. The molecule has 2 aromatic rings. The third kappa shape index (κ3) is 2.57. The highest BCUT2D eigenvalue weighted by atomic mass is 19.1. The van der Waals surface area contributed by atoms with Gasteiger partial charge in [-0.1, -0.05) is 42.5 Å². The van der Waals surface area contributed by atoms with E-state index < -0.39 is 0 Å². The Bertz CT molecular complexity index is 613. The van der Waals surface area contributed by atoms with E-state index in [1.54, 1.807) is 18.2 Å². The van der Waals surface area contributed by atoms with Gasteiger partial charge in [-0.2, -0.15) is 0 Å². The van der Waals surface area contributed by atoms with Gasteiger partial charge in [-0.15, -0.1) is 0 Å². The molecule has 0 radical (unpaired) electrons. The van der Waals surface area contributed by atoms with Crippen LogP contribution in [-0.2, 0) is 24.2 Å². The molecule has 1 amide bonds. The predicted molar refractivity (Wildman–Crippen MR) is 75.6 cm³/mol. The van der Waals surface area contributed by atoms with E-state index >= 15 is 0 Å².